The Bertz CT molecular complexity index is 250. The molecule has 3 nitrogen and oxygen atoms in total. The third-order valence-corrected chi connectivity index (χ3v) is 1.57. The summed E-state index contributed by atoms with van der Waals surface area (Å²) >= 11 is 0. The summed E-state index contributed by atoms with van der Waals surface area (Å²) in [5.41, 5.74) is 2.38. The van der Waals surface area contributed by atoms with Crippen LogP contribution >= 0.6 is 0 Å². The number of pyridine rings is 1. The largest absolute Gasteiger partial charge is 0.481 e. The summed E-state index contributed by atoms with van der Waals surface area (Å²) in [7, 11) is 0. The van der Waals surface area contributed by atoms with Crippen LogP contribution in [0.4, 0.5) is 0 Å². The molecule has 0 aliphatic carbocycles. The number of rotatable bonds is 1. The number of carboxylic acids is 1. The Balaban J connectivity index is 0.000000252. The predicted octanol–water partition coefficient (Wildman–Crippen LogP) is 2.18. The van der Waals surface area contributed by atoms with E-state index in [0.29, 0.717) is 0 Å². The summed E-state index contributed by atoms with van der Waals surface area (Å²) in [6.07, 6.45) is 2.03. The van der Waals surface area contributed by atoms with E-state index in [1.54, 1.807) is 6.92 Å². The minimum Gasteiger partial charge on any atom is -0.481 e. The van der Waals surface area contributed by atoms with Crippen molar-refractivity contribution in [1.82, 2.24) is 4.98 Å². The number of nitrogens with zero attached hydrogens (tertiary/aromatic N) is 1. The normalized spacial score (nSPS) is 8.54. The van der Waals surface area contributed by atoms with Crippen molar-refractivity contribution < 1.29 is 9.90 Å². The highest BCUT2D eigenvalue weighted by Gasteiger charge is 1.85. The molecular formula is C10H15NO2. The van der Waals surface area contributed by atoms with Crippen LogP contribution in [0.25, 0.3) is 0 Å². The van der Waals surface area contributed by atoms with Crippen molar-refractivity contribution in [1.29, 1.82) is 0 Å². The Kier molecular flexibility index (Phi) is 5.52. The van der Waals surface area contributed by atoms with Crippen LogP contribution in [-0.2, 0) is 4.79 Å². The molecule has 1 rings (SSSR count). The monoisotopic (exact) mass is 181 g/mol. The predicted molar refractivity (Wildman–Crippen MR) is 51.6 cm³/mol. The molecule has 72 valence electrons. The molecule has 0 saturated carbocycles. The fourth-order valence-electron chi connectivity index (χ4n) is 0.565. The van der Waals surface area contributed by atoms with E-state index < -0.39 is 5.97 Å². The quantitative estimate of drug-likeness (QED) is 0.722. The van der Waals surface area contributed by atoms with Crippen molar-refractivity contribution in [2.24, 2.45) is 0 Å². The molecule has 13 heavy (non-hydrogen) atoms. The van der Waals surface area contributed by atoms with E-state index in [-0.39, 0.29) is 6.42 Å². The first-order chi connectivity index (χ1) is 6.07. The average Bonchev–Trinajstić information content (AvgIpc) is 2.11. The van der Waals surface area contributed by atoms with E-state index in [0.717, 1.165) is 5.69 Å². The second-order valence-corrected chi connectivity index (χ2v) is 2.65. The van der Waals surface area contributed by atoms with Crippen LogP contribution in [0.2, 0.25) is 0 Å². The topological polar surface area (TPSA) is 50.2 Å². The summed E-state index contributed by atoms with van der Waals surface area (Å²) in [4.78, 5) is 13.4. The van der Waals surface area contributed by atoms with Gasteiger partial charge in [0.05, 0.1) is 0 Å². The molecule has 0 radical (unpaired) electrons. The number of hydrogen-bond acceptors (Lipinski definition) is 2. The number of hydrogen-bond donors (Lipinski definition) is 1. The van der Waals surface area contributed by atoms with Gasteiger partial charge in [-0.05, 0) is 25.5 Å². The third-order valence-electron chi connectivity index (χ3n) is 1.57. The highest BCUT2D eigenvalue weighted by Crippen LogP contribution is 1.98. The summed E-state index contributed by atoms with van der Waals surface area (Å²) in [5.74, 6) is -0.745. The minimum absolute atomic E-state index is 0.222. The van der Waals surface area contributed by atoms with Gasteiger partial charge in [-0.2, -0.15) is 0 Å². The summed E-state index contributed by atoms with van der Waals surface area (Å²) in [6, 6.07) is 4.00. The van der Waals surface area contributed by atoms with Crippen molar-refractivity contribution >= 4 is 5.97 Å². The van der Waals surface area contributed by atoms with Gasteiger partial charge in [0.15, 0.2) is 0 Å². The lowest BCUT2D eigenvalue weighted by atomic mass is 10.2. The molecular weight excluding hydrogens is 166 g/mol. The van der Waals surface area contributed by atoms with Crippen LogP contribution in [-0.4, -0.2) is 16.1 Å². The summed E-state index contributed by atoms with van der Waals surface area (Å²) in [5, 5.41) is 7.72. The Hall–Kier alpha value is -1.38. The molecule has 0 aromatic carbocycles. The second-order valence-electron chi connectivity index (χ2n) is 2.65. The Morgan fingerprint density at radius 2 is 2.08 bits per heavy atom. The summed E-state index contributed by atoms with van der Waals surface area (Å²) < 4.78 is 0. The zero-order chi connectivity index (χ0) is 10.3. The van der Waals surface area contributed by atoms with E-state index in [4.69, 9.17) is 5.11 Å². The third kappa shape index (κ3) is 5.84. The summed E-state index contributed by atoms with van der Waals surface area (Å²) in [6.45, 7) is 5.67. The molecule has 1 aromatic rings. The molecule has 1 heterocycles. The zero-order valence-corrected chi connectivity index (χ0v) is 8.24. The first-order valence-electron chi connectivity index (χ1n) is 4.18. The van der Waals surface area contributed by atoms with Gasteiger partial charge in [-0.25, -0.2) is 0 Å². The van der Waals surface area contributed by atoms with E-state index in [1.807, 2.05) is 19.2 Å². The molecule has 0 saturated heterocycles. The van der Waals surface area contributed by atoms with Crippen molar-refractivity contribution in [3.05, 3.63) is 29.6 Å². The lowest BCUT2D eigenvalue weighted by Crippen LogP contribution is -1.86. The van der Waals surface area contributed by atoms with E-state index >= 15 is 0 Å². The van der Waals surface area contributed by atoms with Gasteiger partial charge in [0.25, 0.3) is 0 Å². The first kappa shape index (κ1) is 11.6. The molecule has 1 N–H and O–H groups in total. The maximum absolute atomic E-state index is 9.37. The molecule has 1 aromatic heterocycles. The average molecular weight is 181 g/mol. The van der Waals surface area contributed by atoms with Crippen LogP contribution in [0.15, 0.2) is 18.3 Å². The van der Waals surface area contributed by atoms with Crippen molar-refractivity contribution in [2.75, 3.05) is 0 Å². The fraction of sp³-hybridized carbons (Fsp3) is 0.400. The maximum Gasteiger partial charge on any atom is 0.303 e. The second kappa shape index (κ2) is 6.17. The SMILES string of the molecule is CCC(=O)O.Cc1cccnc1C. The molecule has 0 bridgehead atoms. The number of carboxylic acid groups (broad SMARTS) is 1. The smallest absolute Gasteiger partial charge is 0.303 e. The van der Waals surface area contributed by atoms with Crippen molar-refractivity contribution in [3.8, 4) is 0 Å². The van der Waals surface area contributed by atoms with Gasteiger partial charge in [0, 0.05) is 18.3 Å². The van der Waals surface area contributed by atoms with Gasteiger partial charge in [-0.15, -0.1) is 0 Å². The molecule has 0 atom stereocenters. The highest BCUT2D eigenvalue weighted by atomic mass is 16.4. The van der Waals surface area contributed by atoms with Crippen LogP contribution in [0.5, 0.6) is 0 Å². The number of aliphatic carboxylic acids is 1. The molecule has 0 aliphatic heterocycles. The lowest BCUT2D eigenvalue weighted by molar-refractivity contribution is -0.136. The van der Waals surface area contributed by atoms with Crippen LogP contribution in [0.1, 0.15) is 24.6 Å². The van der Waals surface area contributed by atoms with E-state index in [2.05, 4.69) is 18.0 Å². The molecule has 0 fully saturated rings. The van der Waals surface area contributed by atoms with Gasteiger partial charge >= 0.3 is 5.97 Å². The Morgan fingerprint density at radius 3 is 2.31 bits per heavy atom. The highest BCUT2D eigenvalue weighted by molar-refractivity contribution is 5.66. The molecule has 0 aliphatic rings. The fourth-order valence-corrected chi connectivity index (χ4v) is 0.565. The molecule has 0 unspecified atom stereocenters. The Labute approximate surface area is 78.4 Å². The number of aryl methyl sites for hydroxylation is 2. The number of aromatic nitrogens is 1. The molecule has 3 heteroatoms. The van der Waals surface area contributed by atoms with Crippen molar-refractivity contribution in [3.63, 3.8) is 0 Å². The molecule has 0 spiro atoms. The van der Waals surface area contributed by atoms with Gasteiger partial charge < -0.3 is 5.11 Å². The maximum atomic E-state index is 9.37. The first-order valence-corrected chi connectivity index (χ1v) is 4.18. The van der Waals surface area contributed by atoms with Crippen LogP contribution in [0, 0.1) is 13.8 Å². The zero-order valence-electron chi connectivity index (χ0n) is 8.24. The lowest BCUT2D eigenvalue weighted by Gasteiger charge is -1.92. The van der Waals surface area contributed by atoms with E-state index in [1.165, 1.54) is 5.56 Å². The van der Waals surface area contributed by atoms with Gasteiger partial charge in [-0.1, -0.05) is 13.0 Å². The standard InChI is InChI=1S/C7H9N.C3H6O2/c1-6-4-3-5-8-7(6)2;1-2-3(4)5/h3-5H,1-2H3;2H2,1H3,(H,4,5). The van der Waals surface area contributed by atoms with Crippen molar-refractivity contribution in [2.45, 2.75) is 27.2 Å². The van der Waals surface area contributed by atoms with Gasteiger partial charge in [-0.3, -0.25) is 9.78 Å². The van der Waals surface area contributed by atoms with Gasteiger partial charge in [0.1, 0.15) is 0 Å². The Morgan fingerprint density at radius 1 is 1.54 bits per heavy atom. The minimum atomic E-state index is -0.745. The van der Waals surface area contributed by atoms with Crippen LogP contribution in [0.3, 0.4) is 0 Å². The van der Waals surface area contributed by atoms with Gasteiger partial charge in [0.2, 0.25) is 0 Å². The number of carbonyl (C=O) groups is 1. The van der Waals surface area contributed by atoms with Crippen LogP contribution < -0.4 is 0 Å². The van der Waals surface area contributed by atoms with E-state index in [9.17, 15) is 4.79 Å². The molecule has 0 amide bonds.